The Morgan fingerprint density at radius 3 is 2.38 bits per heavy atom. The van der Waals surface area contributed by atoms with Crippen molar-refractivity contribution in [2.24, 2.45) is 11.8 Å². The molecule has 0 bridgehead atoms. The number of aryl methyl sites for hydroxylation is 1. The van der Waals surface area contributed by atoms with E-state index in [1.165, 1.54) is 12.5 Å². The Morgan fingerprint density at radius 2 is 1.76 bits per heavy atom. The van der Waals surface area contributed by atoms with Crippen molar-refractivity contribution in [2.75, 3.05) is 0 Å². The summed E-state index contributed by atoms with van der Waals surface area (Å²) in [5.41, 5.74) is 0.134. The summed E-state index contributed by atoms with van der Waals surface area (Å²) in [7, 11) is 0. The van der Waals surface area contributed by atoms with Gasteiger partial charge in [0.05, 0.1) is 6.10 Å². The topological polar surface area (TPSA) is 20.2 Å². The molecule has 1 aromatic carbocycles. The second-order valence-electron chi connectivity index (χ2n) is 6.13. The molecule has 118 valence electrons. The second kappa shape index (κ2) is 7.30. The van der Waals surface area contributed by atoms with Crippen molar-refractivity contribution in [3.63, 3.8) is 0 Å². The minimum atomic E-state index is -1.43. The Bertz CT molecular complexity index is 467. The average Bonchev–Trinajstić information content (AvgIpc) is 2.52. The SMILES string of the molecule is CC[C@H]1CC[C@H](C(O)CCc2ccc(F)c(F)c2F)CC1. The number of halogens is 3. The van der Waals surface area contributed by atoms with Gasteiger partial charge in [-0.25, -0.2) is 13.2 Å². The van der Waals surface area contributed by atoms with Crippen LogP contribution in [0.3, 0.4) is 0 Å². The average molecular weight is 300 g/mol. The molecule has 1 aromatic rings. The predicted octanol–water partition coefficient (Wildman–Crippen LogP) is 4.61. The molecule has 1 aliphatic carbocycles. The zero-order valence-corrected chi connectivity index (χ0v) is 12.4. The van der Waals surface area contributed by atoms with Gasteiger partial charge in [0.15, 0.2) is 17.5 Å². The highest BCUT2D eigenvalue weighted by Gasteiger charge is 2.26. The van der Waals surface area contributed by atoms with Gasteiger partial charge in [-0.3, -0.25) is 0 Å². The van der Waals surface area contributed by atoms with Crippen LogP contribution < -0.4 is 0 Å². The molecule has 1 atom stereocenters. The molecule has 0 spiro atoms. The molecule has 1 nitrogen and oxygen atoms in total. The molecular weight excluding hydrogens is 277 g/mol. The minimum absolute atomic E-state index is 0.134. The number of aliphatic hydroxyl groups is 1. The number of aliphatic hydroxyl groups excluding tert-OH is 1. The summed E-state index contributed by atoms with van der Waals surface area (Å²) in [5.74, 6) is -2.71. The number of hydrogen-bond acceptors (Lipinski definition) is 1. The maximum atomic E-state index is 13.6. The second-order valence-corrected chi connectivity index (χ2v) is 6.13. The van der Waals surface area contributed by atoms with E-state index in [0.29, 0.717) is 6.42 Å². The Morgan fingerprint density at radius 1 is 1.10 bits per heavy atom. The lowest BCUT2D eigenvalue weighted by Gasteiger charge is -2.31. The first-order chi connectivity index (χ1) is 10.0. The molecule has 1 aliphatic rings. The molecule has 0 heterocycles. The quantitative estimate of drug-likeness (QED) is 0.787. The lowest BCUT2D eigenvalue weighted by Crippen LogP contribution is -2.26. The normalized spacial score (nSPS) is 24.0. The minimum Gasteiger partial charge on any atom is -0.393 e. The van der Waals surface area contributed by atoms with Gasteiger partial charge in [0.2, 0.25) is 0 Å². The molecule has 0 amide bonds. The highest BCUT2D eigenvalue weighted by molar-refractivity contribution is 5.20. The maximum absolute atomic E-state index is 13.6. The molecule has 2 rings (SSSR count). The third-order valence-electron chi connectivity index (χ3n) is 4.84. The Balaban J connectivity index is 1.87. The van der Waals surface area contributed by atoms with E-state index < -0.39 is 23.6 Å². The summed E-state index contributed by atoms with van der Waals surface area (Å²) in [5, 5.41) is 10.2. The number of hydrogen-bond donors (Lipinski definition) is 1. The largest absolute Gasteiger partial charge is 0.393 e. The van der Waals surface area contributed by atoms with Crippen molar-refractivity contribution >= 4 is 0 Å². The monoisotopic (exact) mass is 300 g/mol. The van der Waals surface area contributed by atoms with Crippen LogP contribution in [-0.4, -0.2) is 11.2 Å². The summed E-state index contributed by atoms with van der Waals surface area (Å²) in [6.07, 6.45) is 5.59. The third-order valence-corrected chi connectivity index (χ3v) is 4.84. The third kappa shape index (κ3) is 4.00. The van der Waals surface area contributed by atoms with E-state index in [2.05, 4.69) is 6.92 Å². The van der Waals surface area contributed by atoms with Gasteiger partial charge < -0.3 is 5.11 Å². The van der Waals surface area contributed by atoms with Crippen molar-refractivity contribution in [1.82, 2.24) is 0 Å². The van der Waals surface area contributed by atoms with E-state index in [9.17, 15) is 18.3 Å². The first-order valence-corrected chi connectivity index (χ1v) is 7.83. The van der Waals surface area contributed by atoms with Crippen LogP contribution in [0.15, 0.2) is 12.1 Å². The molecule has 0 aromatic heterocycles. The van der Waals surface area contributed by atoms with E-state index in [0.717, 1.165) is 37.7 Å². The summed E-state index contributed by atoms with van der Waals surface area (Å²) in [6, 6.07) is 2.20. The zero-order chi connectivity index (χ0) is 15.4. The molecule has 0 aliphatic heterocycles. The highest BCUT2D eigenvalue weighted by atomic mass is 19.2. The van der Waals surface area contributed by atoms with Gasteiger partial charge >= 0.3 is 0 Å². The van der Waals surface area contributed by atoms with Crippen molar-refractivity contribution < 1.29 is 18.3 Å². The number of rotatable bonds is 5. The highest BCUT2D eigenvalue weighted by Crippen LogP contribution is 2.33. The van der Waals surface area contributed by atoms with Gasteiger partial charge in [-0.2, -0.15) is 0 Å². The summed E-state index contributed by atoms with van der Waals surface area (Å²) in [6.45, 7) is 2.19. The Labute approximate surface area is 124 Å². The van der Waals surface area contributed by atoms with Gasteiger partial charge in [0.25, 0.3) is 0 Å². The molecule has 0 radical (unpaired) electrons. The van der Waals surface area contributed by atoms with Crippen LogP contribution in [-0.2, 0) is 6.42 Å². The standard InChI is InChI=1S/C17H23F3O/c1-2-11-3-5-12(6-4-11)15(21)10-8-13-7-9-14(18)17(20)16(13)19/h7,9,11-12,15,21H,2-6,8,10H2,1H3/t11-,12-,15?. The molecule has 1 unspecified atom stereocenters. The van der Waals surface area contributed by atoms with Crippen LogP contribution in [0, 0.1) is 29.3 Å². The fraction of sp³-hybridized carbons (Fsp3) is 0.647. The van der Waals surface area contributed by atoms with Gasteiger partial charge in [0.1, 0.15) is 0 Å². The van der Waals surface area contributed by atoms with E-state index >= 15 is 0 Å². The molecule has 0 saturated heterocycles. The van der Waals surface area contributed by atoms with Crippen molar-refractivity contribution in [1.29, 1.82) is 0 Å². The fourth-order valence-corrected chi connectivity index (χ4v) is 3.28. The summed E-state index contributed by atoms with van der Waals surface area (Å²) in [4.78, 5) is 0. The Kier molecular flexibility index (Phi) is 5.68. The van der Waals surface area contributed by atoms with Crippen molar-refractivity contribution in [3.8, 4) is 0 Å². The van der Waals surface area contributed by atoms with Crippen LogP contribution in [0.2, 0.25) is 0 Å². The van der Waals surface area contributed by atoms with Gasteiger partial charge in [0, 0.05) is 0 Å². The summed E-state index contributed by atoms with van der Waals surface area (Å²) >= 11 is 0. The first-order valence-electron chi connectivity index (χ1n) is 7.83. The van der Waals surface area contributed by atoms with Crippen molar-refractivity contribution in [3.05, 3.63) is 35.1 Å². The lowest BCUT2D eigenvalue weighted by atomic mass is 9.77. The van der Waals surface area contributed by atoms with E-state index in [4.69, 9.17) is 0 Å². The zero-order valence-electron chi connectivity index (χ0n) is 12.4. The van der Waals surface area contributed by atoms with Crippen molar-refractivity contribution in [2.45, 2.75) is 58.0 Å². The molecule has 4 heteroatoms. The fourth-order valence-electron chi connectivity index (χ4n) is 3.28. The Hall–Kier alpha value is -1.03. The molecule has 1 fully saturated rings. The number of benzene rings is 1. The van der Waals surface area contributed by atoms with Crippen LogP contribution in [0.1, 0.15) is 51.0 Å². The smallest absolute Gasteiger partial charge is 0.194 e. The molecule has 1 N–H and O–H groups in total. The van der Waals surface area contributed by atoms with Gasteiger partial charge in [-0.15, -0.1) is 0 Å². The summed E-state index contributed by atoms with van der Waals surface area (Å²) < 4.78 is 39.6. The first kappa shape index (κ1) is 16.3. The van der Waals surface area contributed by atoms with E-state index in [1.807, 2.05) is 0 Å². The molecule has 1 saturated carbocycles. The van der Waals surface area contributed by atoms with E-state index in [-0.39, 0.29) is 17.9 Å². The van der Waals surface area contributed by atoms with Crippen LogP contribution >= 0.6 is 0 Å². The van der Waals surface area contributed by atoms with E-state index in [1.54, 1.807) is 0 Å². The predicted molar refractivity (Wildman–Crippen MR) is 76.4 cm³/mol. The van der Waals surface area contributed by atoms with Crippen LogP contribution in [0.25, 0.3) is 0 Å². The van der Waals surface area contributed by atoms with Gasteiger partial charge in [-0.1, -0.05) is 32.3 Å². The molecule has 21 heavy (non-hydrogen) atoms. The molecular formula is C17H23F3O. The van der Waals surface area contributed by atoms with Crippen LogP contribution in [0.4, 0.5) is 13.2 Å². The van der Waals surface area contributed by atoms with Crippen LogP contribution in [0.5, 0.6) is 0 Å². The lowest BCUT2D eigenvalue weighted by molar-refractivity contribution is 0.0664. The maximum Gasteiger partial charge on any atom is 0.194 e. The van der Waals surface area contributed by atoms with Gasteiger partial charge in [-0.05, 0) is 49.1 Å².